The molecule has 3 aromatic rings. The molecule has 0 aliphatic rings. The number of aromatic nitrogens is 2. The summed E-state index contributed by atoms with van der Waals surface area (Å²) in [5.41, 5.74) is 1.12. The molecule has 0 fully saturated rings. The molecule has 2 amide bonds. The van der Waals surface area contributed by atoms with Crippen LogP contribution in [-0.4, -0.2) is 52.0 Å². The molecule has 0 saturated heterocycles. The highest BCUT2D eigenvalue weighted by atomic mass is 19.1. The second-order valence-electron chi connectivity index (χ2n) is 7.58. The molecule has 32 heavy (non-hydrogen) atoms. The first-order chi connectivity index (χ1) is 15.2. The summed E-state index contributed by atoms with van der Waals surface area (Å²) in [6, 6.07) is 14.3. The van der Waals surface area contributed by atoms with Gasteiger partial charge in [-0.05, 0) is 43.7 Å². The van der Waals surface area contributed by atoms with Gasteiger partial charge >= 0.3 is 0 Å². The van der Waals surface area contributed by atoms with Crippen molar-refractivity contribution >= 4 is 11.8 Å². The summed E-state index contributed by atoms with van der Waals surface area (Å²) in [5, 5.41) is 4.19. The van der Waals surface area contributed by atoms with Crippen LogP contribution in [0, 0.1) is 12.7 Å². The summed E-state index contributed by atoms with van der Waals surface area (Å²) in [4.78, 5) is 40.7. The van der Waals surface area contributed by atoms with Crippen molar-refractivity contribution in [3.05, 3.63) is 93.2 Å². The molecule has 0 bridgehead atoms. The van der Waals surface area contributed by atoms with Gasteiger partial charge in [-0.25, -0.2) is 9.07 Å². The summed E-state index contributed by atoms with van der Waals surface area (Å²) < 4.78 is 15.5. The van der Waals surface area contributed by atoms with Crippen LogP contribution in [0.4, 0.5) is 4.39 Å². The van der Waals surface area contributed by atoms with Crippen LogP contribution in [0.15, 0.2) is 59.4 Å². The van der Waals surface area contributed by atoms with E-state index in [2.05, 4.69) is 5.10 Å². The first-order valence-corrected chi connectivity index (χ1v) is 10.2. The average molecular weight is 436 g/mol. The van der Waals surface area contributed by atoms with Crippen LogP contribution < -0.4 is 5.43 Å². The maximum Gasteiger partial charge on any atom is 0.278 e. The number of hydrogen-bond acceptors (Lipinski definition) is 4. The summed E-state index contributed by atoms with van der Waals surface area (Å²) >= 11 is 0. The number of carbonyl (C=O) groups excluding carboxylic acids is 2. The SMILES string of the molecule is CCN(Cc1ccc(C(=O)N(C)C)cc1)C(=O)c1nn(-c2ccccc2F)c(C)cc1=O. The molecule has 1 heterocycles. The molecule has 7 nitrogen and oxygen atoms in total. The van der Waals surface area contributed by atoms with E-state index in [0.29, 0.717) is 17.8 Å². The fourth-order valence-electron chi connectivity index (χ4n) is 3.27. The lowest BCUT2D eigenvalue weighted by Crippen LogP contribution is -2.36. The number of carbonyl (C=O) groups is 2. The summed E-state index contributed by atoms with van der Waals surface area (Å²) in [7, 11) is 3.35. The number of rotatable bonds is 6. The first kappa shape index (κ1) is 22.9. The van der Waals surface area contributed by atoms with E-state index in [1.807, 2.05) is 0 Å². The summed E-state index contributed by atoms with van der Waals surface area (Å²) in [6.45, 7) is 4.00. The minimum atomic E-state index is -0.545. The minimum absolute atomic E-state index is 0.113. The smallest absolute Gasteiger partial charge is 0.278 e. The Balaban J connectivity index is 1.90. The molecule has 3 rings (SSSR count). The van der Waals surface area contributed by atoms with Gasteiger partial charge in [0.15, 0.2) is 5.69 Å². The van der Waals surface area contributed by atoms with Crippen LogP contribution in [0.1, 0.15) is 39.0 Å². The van der Waals surface area contributed by atoms with Gasteiger partial charge in [0.2, 0.25) is 5.43 Å². The van der Waals surface area contributed by atoms with Gasteiger partial charge in [0.05, 0.1) is 0 Å². The van der Waals surface area contributed by atoms with Gasteiger partial charge in [0.25, 0.3) is 11.8 Å². The normalized spacial score (nSPS) is 10.7. The summed E-state index contributed by atoms with van der Waals surface area (Å²) in [6.07, 6.45) is 0. The van der Waals surface area contributed by atoms with Gasteiger partial charge in [-0.1, -0.05) is 24.3 Å². The van der Waals surface area contributed by atoms with E-state index in [1.165, 1.54) is 32.7 Å². The zero-order valence-electron chi connectivity index (χ0n) is 18.5. The molecule has 0 N–H and O–H groups in total. The number of halogens is 1. The number of aryl methyl sites for hydroxylation is 1. The quantitative estimate of drug-likeness (QED) is 0.595. The van der Waals surface area contributed by atoms with E-state index >= 15 is 0 Å². The second-order valence-corrected chi connectivity index (χ2v) is 7.58. The Morgan fingerprint density at radius 3 is 2.28 bits per heavy atom. The molecule has 8 heteroatoms. The molecule has 0 saturated carbocycles. The van der Waals surface area contributed by atoms with Crippen LogP contribution in [0.25, 0.3) is 5.69 Å². The second kappa shape index (κ2) is 9.55. The molecule has 0 atom stereocenters. The standard InChI is InChI=1S/C24H25FN4O3/c1-5-28(15-17-10-12-18(13-11-17)23(31)27(3)4)24(32)22-21(30)14-16(2)29(26-22)20-9-7-6-8-19(20)25/h6-14H,5,15H2,1-4H3. The Morgan fingerprint density at radius 1 is 1.03 bits per heavy atom. The van der Waals surface area contributed by atoms with Gasteiger partial charge in [0.1, 0.15) is 11.5 Å². The van der Waals surface area contributed by atoms with Crippen LogP contribution in [0.3, 0.4) is 0 Å². The van der Waals surface area contributed by atoms with Crippen LogP contribution in [0.2, 0.25) is 0 Å². The van der Waals surface area contributed by atoms with E-state index < -0.39 is 17.2 Å². The lowest BCUT2D eigenvalue weighted by atomic mass is 10.1. The number of benzene rings is 2. The third kappa shape index (κ3) is 4.74. The van der Waals surface area contributed by atoms with E-state index in [4.69, 9.17) is 0 Å². The van der Waals surface area contributed by atoms with Crippen molar-refractivity contribution in [2.45, 2.75) is 20.4 Å². The predicted octanol–water partition coefficient (Wildman–Crippen LogP) is 3.04. The highest BCUT2D eigenvalue weighted by Crippen LogP contribution is 2.15. The van der Waals surface area contributed by atoms with Crippen molar-refractivity contribution in [3.8, 4) is 5.69 Å². The Kier molecular flexibility index (Phi) is 6.82. The Bertz CT molecular complexity index is 1200. The molecule has 0 radical (unpaired) electrons. The summed E-state index contributed by atoms with van der Waals surface area (Å²) in [5.74, 6) is -1.17. The van der Waals surface area contributed by atoms with E-state index in [1.54, 1.807) is 64.3 Å². The molecular formula is C24H25FN4O3. The lowest BCUT2D eigenvalue weighted by Gasteiger charge is -2.21. The van der Waals surface area contributed by atoms with Gasteiger partial charge < -0.3 is 9.80 Å². The number of hydrogen-bond donors (Lipinski definition) is 0. The Morgan fingerprint density at radius 2 is 1.69 bits per heavy atom. The fourth-order valence-corrected chi connectivity index (χ4v) is 3.27. The largest absolute Gasteiger partial charge is 0.345 e. The average Bonchev–Trinajstić information content (AvgIpc) is 2.77. The molecular weight excluding hydrogens is 411 g/mol. The molecule has 0 unspecified atom stereocenters. The Hall–Kier alpha value is -3.81. The highest BCUT2D eigenvalue weighted by molar-refractivity contribution is 5.94. The monoisotopic (exact) mass is 436 g/mol. The van der Waals surface area contributed by atoms with E-state index in [0.717, 1.165) is 5.56 Å². The van der Waals surface area contributed by atoms with Crippen molar-refractivity contribution in [1.29, 1.82) is 0 Å². The maximum absolute atomic E-state index is 14.3. The Labute approximate surface area is 185 Å². The van der Waals surface area contributed by atoms with Crippen molar-refractivity contribution < 1.29 is 14.0 Å². The van der Waals surface area contributed by atoms with Crippen LogP contribution in [-0.2, 0) is 6.54 Å². The van der Waals surface area contributed by atoms with E-state index in [-0.39, 0.29) is 23.8 Å². The predicted molar refractivity (Wildman–Crippen MR) is 119 cm³/mol. The zero-order chi connectivity index (χ0) is 23.4. The minimum Gasteiger partial charge on any atom is -0.345 e. The van der Waals surface area contributed by atoms with Crippen molar-refractivity contribution in [1.82, 2.24) is 19.6 Å². The fraction of sp³-hybridized carbons (Fsp3) is 0.250. The number of para-hydroxylation sites is 1. The van der Waals surface area contributed by atoms with Gasteiger partial charge in [0, 0.05) is 44.5 Å². The molecule has 0 aliphatic carbocycles. The first-order valence-electron chi connectivity index (χ1n) is 10.2. The molecule has 2 aromatic carbocycles. The number of amides is 2. The molecule has 0 spiro atoms. The van der Waals surface area contributed by atoms with Gasteiger partial charge in [-0.3, -0.25) is 14.4 Å². The number of nitrogens with zero attached hydrogens (tertiary/aromatic N) is 4. The third-order valence-corrected chi connectivity index (χ3v) is 5.04. The maximum atomic E-state index is 14.3. The van der Waals surface area contributed by atoms with Crippen molar-refractivity contribution in [3.63, 3.8) is 0 Å². The van der Waals surface area contributed by atoms with Crippen molar-refractivity contribution in [2.75, 3.05) is 20.6 Å². The molecule has 1 aromatic heterocycles. The lowest BCUT2D eigenvalue weighted by molar-refractivity contribution is 0.0742. The molecule has 166 valence electrons. The van der Waals surface area contributed by atoms with Crippen LogP contribution >= 0.6 is 0 Å². The van der Waals surface area contributed by atoms with Gasteiger partial charge in [-0.2, -0.15) is 5.10 Å². The van der Waals surface area contributed by atoms with Crippen LogP contribution in [0.5, 0.6) is 0 Å². The highest BCUT2D eigenvalue weighted by Gasteiger charge is 2.22. The third-order valence-electron chi connectivity index (χ3n) is 5.04. The molecule has 0 aliphatic heterocycles. The van der Waals surface area contributed by atoms with Crippen molar-refractivity contribution in [2.24, 2.45) is 0 Å². The van der Waals surface area contributed by atoms with E-state index in [9.17, 15) is 18.8 Å². The topological polar surface area (TPSA) is 75.5 Å². The van der Waals surface area contributed by atoms with Gasteiger partial charge in [-0.15, -0.1) is 0 Å². The zero-order valence-corrected chi connectivity index (χ0v) is 18.5.